The molecule has 0 rings (SSSR count). The quantitative estimate of drug-likeness (QED) is 0.345. The van der Waals surface area contributed by atoms with Gasteiger partial charge in [0.2, 0.25) is 0 Å². The summed E-state index contributed by atoms with van der Waals surface area (Å²) in [6, 6.07) is 0. The second-order valence-electron chi connectivity index (χ2n) is 3.02. The van der Waals surface area contributed by atoms with Gasteiger partial charge in [-0.2, -0.15) is 37.0 Å². The van der Waals surface area contributed by atoms with Crippen LogP contribution in [0.1, 0.15) is 25.7 Å². The molecule has 0 spiro atoms. The second kappa shape index (κ2) is 17.6. The Morgan fingerprint density at radius 1 is 1.12 bits per heavy atom. The van der Waals surface area contributed by atoms with Crippen LogP contribution >= 0.6 is 37.0 Å². The number of aliphatic carboxylic acids is 1. The minimum Gasteiger partial charge on any atom is -0.478 e. The third-order valence-electron chi connectivity index (χ3n) is 1.57. The van der Waals surface area contributed by atoms with Crippen molar-refractivity contribution in [3.63, 3.8) is 0 Å². The van der Waals surface area contributed by atoms with Crippen molar-refractivity contribution < 1.29 is 9.90 Å². The van der Waals surface area contributed by atoms with Crippen molar-refractivity contribution in [3.05, 3.63) is 12.7 Å². The minimum atomic E-state index is -0.981. The molecule has 0 radical (unpaired) electrons. The molecular weight excluding hydrogens is 260 g/mol. The Morgan fingerprint density at radius 2 is 1.50 bits per heavy atom. The summed E-state index contributed by atoms with van der Waals surface area (Å²) in [6.07, 6.45) is 6.02. The summed E-state index contributed by atoms with van der Waals surface area (Å²) in [6.45, 7) is 2.96. The molecule has 0 heterocycles. The van der Waals surface area contributed by atoms with Gasteiger partial charge in [-0.1, -0.05) is 6.58 Å². The van der Waals surface area contributed by atoms with E-state index in [-0.39, 0.29) is 0 Å². The summed E-state index contributed by atoms with van der Waals surface area (Å²) in [7, 11) is 0. The molecule has 0 unspecified atom stereocenters. The predicted molar refractivity (Wildman–Crippen MR) is 81.3 cm³/mol. The smallest absolute Gasteiger partial charge is 0.327 e. The summed E-state index contributed by atoms with van der Waals surface area (Å²) in [4.78, 5) is 9.25. The average molecular weight is 282 g/mol. The van der Waals surface area contributed by atoms with Crippen molar-refractivity contribution in [1.29, 1.82) is 0 Å². The van der Waals surface area contributed by atoms with Crippen LogP contribution < -0.4 is 0 Å². The summed E-state index contributed by atoms with van der Waals surface area (Å²) in [5.41, 5.74) is 0. The van der Waals surface area contributed by atoms with Crippen molar-refractivity contribution >= 4 is 43.0 Å². The Balaban J connectivity index is 0. The van der Waals surface area contributed by atoms with Crippen molar-refractivity contribution in [2.75, 3.05) is 23.0 Å². The van der Waals surface area contributed by atoms with Crippen LogP contribution in [-0.2, 0) is 4.79 Å². The Labute approximate surface area is 114 Å². The topological polar surface area (TPSA) is 37.3 Å². The second-order valence-corrected chi connectivity index (χ2v) is 5.14. The number of unbranched alkanes of at least 4 members (excludes halogenated alkanes) is 2. The van der Waals surface area contributed by atoms with Crippen LogP contribution in [0.25, 0.3) is 0 Å². The van der Waals surface area contributed by atoms with E-state index < -0.39 is 5.97 Å². The molecule has 0 saturated carbocycles. The van der Waals surface area contributed by atoms with Gasteiger partial charge in [0.05, 0.1) is 0 Å². The SMILES string of the molecule is C=CC(=O)O.SCCCCSCCCCS. The molecule has 0 aromatic rings. The van der Waals surface area contributed by atoms with E-state index in [1.165, 1.54) is 37.2 Å². The molecule has 0 amide bonds. The van der Waals surface area contributed by atoms with E-state index in [9.17, 15) is 4.79 Å². The number of thioether (sulfide) groups is 1. The molecule has 0 atom stereocenters. The van der Waals surface area contributed by atoms with Crippen molar-refractivity contribution in [3.8, 4) is 0 Å². The number of carboxylic acid groups (broad SMARTS) is 1. The predicted octanol–water partition coefficient (Wildman–Crippen LogP) is 3.40. The summed E-state index contributed by atoms with van der Waals surface area (Å²) >= 11 is 10.4. The maximum Gasteiger partial charge on any atom is 0.327 e. The maximum absolute atomic E-state index is 9.25. The lowest BCUT2D eigenvalue weighted by molar-refractivity contribution is -0.131. The highest BCUT2D eigenvalue weighted by Crippen LogP contribution is 2.08. The lowest BCUT2D eigenvalue weighted by Gasteiger charge is -1.98. The molecule has 0 fully saturated rings. The van der Waals surface area contributed by atoms with Gasteiger partial charge in [-0.3, -0.25) is 0 Å². The van der Waals surface area contributed by atoms with Crippen LogP contribution in [0.4, 0.5) is 0 Å². The van der Waals surface area contributed by atoms with E-state index in [4.69, 9.17) is 5.11 Å². The molecule has 0 aromatic carbocycles. The van der Waals surface area contributed by atoms with E-state index in [1.807, 2.05) is 0 Å². The van der Waals surface area contributed by atoms with Crippen LogP contribution in [-0.4, -0.2) is 34.1 Å². The normalized spacial score (nSPS) is 9.12. The van der Waals surface area contributed by atoms with E-state index in [1.54, 1.807) is 0 Å². The van der Waals surface area contributed by atoms with Crippen molar-refractivity contribution in [2.45, 2.75) is 25.7 Å². The third-order valence-corrected chi connectivity index (χ3v) is 3.36. The lowest BCUT2D eigenvalue weighted by atomic mass is 10.4. The fraction of sp³-hybridized carbons (Fsp3) is 0.727. The fourth-order valence-corrected chi connectivity index (χ4v) is 2.20. The van der Waals surface area contributed by atoms with Gasteiger partial charge in [0.25, 0.3) is 0 Å². The Kier molecular flexibility index (Phi) is 20.5. The molecule has 0 aliphatic heterocycles. The first-order valence-corrected chi connectivity index (χ1v) is 7.75. The van der Waals surface area contributed by atoms with Gasteiger partial charge >= 0.3 is 5.97 Å². The van der Waals surface area contributed by atoms with Crippen LogP contribution in [0.5, 0.6) is 0 Å². The molecule has 0 aliphatic rings. The van der Waals surface area contributed by atoms with Gasteiger partial charge in [0.1, 0.15) is 0 Å². The standard InChI is InChI=1S/C8H18S3.C3H4O2/c9-5-1-3-7-11-8-4-2-6-10;1-2-3(4)5/h9-10H,1-8H2;2H,1H2,(H,4,5). The van der Waals surface area contributed by atoms with Crippen molar-refractivity contribution in [2.24, 2.45) is 0 Å². The Bertz CT molecular complexity index is 155. The molecule has 0 saturated heterocycles. The first kappa shape index (κ1) is 18.6. The first-order chi connectivity index (χ1) is 7.68. The molecule has 5 heteroatoms. The molecule has 0 aromatic heterocycles. The zero-order valence-corrected chi connectivity index (χ0v) is 12.2. The first-order valence-electron chi connectivity index (χ1n) is 5.33. The van der Waals surface area contributed by atoms with Gasteiger partial charge in [0, 0.05) is 6.08 Å². The van der Waals surface area contributed by atoms with Crippen molar-refractivity contribution in [1.82, 2.24) is 0 Å². The number of carboxylic acids is 1. The van der Waals surface area contributed by atoms with E-state index in [0.29, 0.717) is 0 Å². The Hall–Kier alpha value is 0.260. The van der Waals surface area contributed by atoms with Crippen LogP contribution in [0, 0.1) is 0 Å². The van der Waals surface area contributed by atoms with Gasteiger partial charge in [-0.25, -0.2) is 4.79 Å². The van der Waals surface area contributed by atoms with Crippen LogP contribution in [0.2, 0.25) is 0 Å². The zero-order valence-electron chi connectivity index (χ0n) is 9.60. The molecule has 16 heavy (non-hydrogen) atoms. The highest BCUT2D eigenvalue weighted by Gasteiger charge is 1.89. The van der Waals surface area contributed by atoms with Crippen LogP contribution in [0.3, 0.4) is 0 Å². The maximum atomic E-state index is 9.25. The van der Waals surface area contributed by atoms with E-state index in [2.05, 4.69) is 43.6 Å². The summed E-state index contributed by atoms with van der Waals surface area (Å²) < 4.78 is 0. The average Bonchev–Trinajstić information content (AvgIpc) is 2.29. The largest absolute Gasteiger partial charge is 0.478 e. The molecule has 0 aliphatic carbocycles. The number of hydrogen-bond donors (Lipinski definition) is 3. The highest BCUT2D eigenvalue weighted by atomic mass is 32.2. The Morgan fingerprint density at radius 3 is 1.75 bits per heavy atom. The lowest BCUT2D eigenvalue weighted by Crippen LogP contribution is -1.86. The monoisotopic (exact) mass is 282 g/mol. The fourth-order valence-electron chi connectivity index (χ4n) is 0.734. The summed E-state index contributed by atoms with van der Waals surface area (Å²) in [5, 5.41) is 7.60. The van der Waals surface area contributed by atoms with Gasteiger partial charge in [0.15, 0.2) is 0 Å². The minimum absolute atomic E-state index is 0.833. The zero-order chi connectivity index (χ0) is 12.6. The van der Waals surface area contributed by atoms with Gasteiger partial charge < -0.3 is 5.11 Å². The molecule has 2 nitrogen and oxygen atoms in total. The molecule has 96 valence electrons. The molecule has 1 N–H and O–H groups in total. The highest BCUT2D eigenvalue weighted by molar-refractivity contribution is 7.99. The van der Waals surface area contributed by atoms with Crippen LogP contribution in [0.15, 0.2) is 12.7 Å². The summed E-state index contributed by atoms with van der Waals surface area (Å²) in [5.74, 6) is 3.72. The van der Waals surface area contributed by atoms with E-state index >= 15 is 0 Å². The molecule has 0 bridgehead atoms. The van der Waals surface area contributed by atoms with Gasteiger partial charge in [-0.05, 0) is 48.7 Å². The molecular formula is C11H22O2S3. The number of thiol groups is 2. The van der Waals surface area contributed by atoms with E-state index in [0.717, 1.165) is 17.6 Å². The number of carbonyl (C=O) groups is 1. The number of rotatable bonds is 9. The third kappa shape index (κ3) is 23.8. The van der Waals surface area contributed by atoms with Gasteiger partial charge in [-0.15, -0.1) is 0 Å². The number of hydrogen-bond acceptors (Lipinski definition) is 4.